The minimum absolute atomic E-state index is 0.00753. The molecule has 2 aliphatic rings. The molecule has 0 aliphatic heterocycles. The van der Waals surface area contributed by atoms with Crippen LogP contribution in [-0.2, 0) is 9.59 Å². The molecule has 2 aliphatic carbocycles. The molecule has 12 heteroatoms. The molecule has 12 nitrogen and oxygen atoms in total. The molecule has 4 aromatic rings. The van der Waals surface area contributed by atoms with Crippen LogP contribution in [0.3, 0.4) is 0 Å². The number of hydrogen-bond acceptors (Lipinski definition) is 7. The molecule has 2 heterocycles. The number of nitrogens with one attached hydrogen (secondary N) is 4. The van der Waals surface area contributed by atoms with Crippen molar-refractivity contribution in [2.75, 3.05) is 0 Å². The zero-order valence-electron chi connectivity index (χ0n) is 25.6. The second-order valence-corrected chi connectivity index (χ2v) is 12.5. The number of aromatic nitrogens is 2. The molecule has 2 saturated carbocycles. The number of fused-ring (bicyclic) bond motifs is 2. The molecule has 2 aromatic heterocycles. The van der Waals surface area contributed by atoms with Crippen LogP contribution in [0.5, 0.6) is 0 Å². The van der Waals surface area contributed by atoms with E-state index < -0.39 is 23.3 Å². The molecule has 2 aromatic carbocycles. The molecule has 47 heavy (non-hydrogen) atoms. The van der Waals surface area contributed by atoms with E-state index in [4.69, 9.17) is 15.4 Å². The van der Waals surface area contributed by atoms with Gasteiger partial charge in [-0.25, -0.2) is 14.4 Å². The standard InChI is InChI=1S/C35H34N6O6/c1-37-29(18-23-7-13-31-28(17-23)41-35(45)47-31)33(43)39-26-10-4-21(5-11-26)14-20-2-8-25(9-3-20)38-32(42)24(19-36)15-22-6-12-30-27(16-22)40-34(44)46-30/h6-7,12-13,15-18,20-21,25-26H,2-5,8-11,14H2,(H,38,42)(H,39,43)(H,40,44)(H,41,45)/b24-15+,29-18-. The van der Waals surface area contributed by atoms with Crippen LogP contribution in [0.25, 0.3) is 39.2 Å². The fourth-order valence-corrected chi connectivity index (χ4v) is 6.82. The van der Waals surface area contributed by atoms with E-state index in [1.165, 1.54) is 12.2 Å². The van der Waals surface area contributed by atoms with Gasteiger partial charge >= 0.3 is 11.5 Å². The topological polar surface area (TPSA) is 178 Å². The number of oxazole rings is 2. The van der Waals surface area contributed by atoms with Crippen molar-refractivity contribution in [1.82, 2.24) is 20.6 Å². The van der Waals surface area contributed by atoms with Gasteiger partial charge < -0.3 is 19.5 Å². The number of nitrogens with zero attached hydrogens (tertiary/aromatic N) is 2. The smallest absolute Gasteiger partial charge is 0.408 e. The fraction of sp³-hybridized carbons (Fsp3) is 0.371. The van der Waals surface area contributed by atoms with Crippen molar-refractivity contribution < 1.29 is 18.4 Å². The van der Waals surface area contributed by atoms with Crippen LogP contribution in [0.15, 0.2) is 66.1 Å². The third-order valence-electron chi connectivity index (χ3n) is 9.25. The number of aromatic amines is 2. The van der Waals surface area contributed by atoms with E-state index in [-0.39, 0.29) is 23.4 Å². The first-order valence-electron chi connectivity index (χ1n) is 15.8. The molecule has 0 atom stereocenters. The molecule has 4 N–H and O–H groups in total. The lowest BCUT2D eigenvalue weighted by Gasteiger charge is -2.34. The number of H-pyrrole nitrogens is 2. The van der Waals surface area contributed by atoms with Crippen LogP contribution < -0.4 is 22.1 Å². The molecule has 2 fully saturated rings. The van der Waals surface area contributed by atoms with Crippen molar-refractivity contribution in [3.8, 4) is 6.07 Å². The summed E-state index contributed by atoms with van der Waals surface area (Å²) in [5.41, 5.74) is 3.07. The maximum Gasteiger partial charge on any atom is 0.417 e. The molecule has 2 amide bonds. The van der Waals surface area contributed by atoms with Crippen LogP contribution in [0.2, 0.25) is 0 Å². The minimum atomic E-state index is -0.560. The highest BCUT2D eigenvalue weighted by atomic mass is 16.4. The van der Waals surface area contributed by atoms with Crippen molar-refractivity contribution >= 4 is 46.2 Å². The van der Waals surface area contributed by atoms with Crippen LogP contribution in [0.4, 0.5) is 0 Å². The molecule has 0 spiro atoms. The predicted octanol–water partition coefficient (Wildman–Crippen LogP) is 5.16. The normalized spacial score (nSPS) is 22.0. The van der Waals surface area contributed by atoms with Gasteiger partial charge in [-0.1, -0.05) is 12.1 Å². The van der Waals surface area contributed by atoms with Crippen LogP contribution in [-0.4, -0.2) is 33.9 Å². The Kier molecular flexibility index (Phi) is 9.20. The first-order valence-corrected chi connectivity index (χ1v) is 15.8. The number of amides is 2. The predicted molar refractivity (Wildman–Crippen MR) is 174 cm³/mol. The number of benzene rings is 2. The number of carbonyl (C=O) groups excluding carboxylic acids is 2. The lowest BCUT2D eigenvalue weighted by atomic mass is 9.75. The largest absolute Gasteiger partial charge is 0.417 e. The zero-order chi connectivity index (χ0) is 32.9. The number of carbonyl (C=O) groups is 2. The fourth-order valence-electron chi connectivity index (χ4n) is 6.82. The molecule has 6 rings (SSSR count). The van der Waals surface area contributed by atoms with Crippen molar-refractivity contribution in [2.24, 2.45) is 11.8 Å². The molecule has 0 unspecified atom stereocenters. The van der Waals surface area contributed by atoms with Crippen molar-refractivity contribution in [3.63, 3.8) is 0 Å². The van der Waals surface area contributed by atoms with Gasteiger partial charge in [-0.2, -0.15) is 5.26 Å². The van der Waals surface area contributed by atoms with E-state index in [1.54, 1.807) is 36.4 Å². The Morgan fingerprint density at radius 3 is 1.79 bits per heavy atom. The third kappa shape index (κ3) is 7.61. The van der Waals surface area contributed by atoms with Gasteiger partial charge in [0.25, 0.3) is 17.5 Å². The summed E-state index contributed by atoms with van der Waals surface area (Å²) in [4.78, 5) is 57.2. The second kappa shape index (κ2) is 13.8. The van der Waals surface area contributed by atoms with E-state index in [2.05, 4.69) is 25.4 Å². The van der Waals surface area contributed by atoms with Gasteiger partial charge in [-0.15, -0.1) is 0 Å². The highest BCUT2D eigenvalue weighted by Crippen LogP contribution is 2.35. The third-order valence-corrected chi connectivity index (χ3v) is 9.25. The van der Waals surface area contributed by atoms with Gasteiger partial charge in [0.05, 0.1) is 17.6 Å². The summed E-state index contributed by atoms with van der Waals surface area (Å²) in [6.45, 7) is 7.52. The summed E-state index contributed by atoms with van der Waals surface area (Å²) >= 11 is 0. The molecule has 240 valence electrons. The summed E-state index contributed by atoms with van der Waals surface area (Å²) < 4.78 is 10.0. The Morgan fingerprint density at radius 1 is 0.809 bits per heavy atom. The maximum absolute atomic E-state index is 12.9. The monoisotopic (exact) mass is 634 g/mol. The van der Waals surface area contributed by atoms with Crippen molar-refractivity contribution in [1.29, 1.82) is 5.26 Å². The molecular formula is C35H34N6O6. The van der Waals surface area contributed by atoms with Gasteiger partial charge in [0.15, 0.2) is 11.2 Å². The lowest BCUT2D eigenvalue weighted by molar-refractivity contribution is -0.118. The summed E-state index contributed by atoms with van der Waals surface area (Å²) in [7, 11) is 0. The maximum atomic E-state index is 12.9. The number of rotatable bonds is 8. The highest BCUT2D eigenvalue weighted by molar-refractivity contribution is 6.02. The Bertz CT molecular complexity index is 1920. The van der Waals surface area contributed by atoms with Crippen molar-refractivity contribution in [2.45, 2.75) is 69.9 Å². The van der Waals surface area contributed by atoms with Crippen molar-refractivity contribution in [3.05, 3.63) is 91.3 Å². The second-order valence-electron chi connectivity index (χ2n) is 12.5. The number of hydrogen-bond donors (Lipinski definition) is 4. The van der Waals surface area contributed by atoms with E-state index in [0.717, 1.165) is 57.8 Å². The first kappa shape index (κ1) is 31.4. The average Bonchev–Trinajstić information content (AvgIpc) is 3.63. The van der Waals surface area contributed by atoms with Crippen LogP contribution in [0, 0.1) is 29.7 Å². The summed E-state index contributed by atoms with van der Waals surface area (Å²) in [6, 6.07) is 12.0. The van der Waals surface area contributed by atoms with E-state index >= 15 is 0 Å². The van der Waals surface area contributed by atoms with Gasteiger partial charge in [-0.05, 0) is 117 Å². The van der Waals surface area contributed by atoms with E-state index in [0.29, 0.717) is 45.2 Å². The summed E-state index contributed by atoms with van der Waals surface area (Å²) in [5, 5.41) is 15.7. The Hall–Kier alpha value is -5.62. The summed E-state index contributed by atoms with van der Waals surface area (Å²) in [6.07, 6.45) is 11.6. The Morgan fingerprint density at radius 2 is 1.30 bits per heavy atom. The van der Waals surface area contributed by atoms with Gasteiger partial charge in [-0.3, -0.25) is 19.6 Å². The average molecular weight is 635 g/mol. The first-order chi connectivity index (χ1) is 22.8. The minimum Gasteiger partial charge on any atom is -0.408 e. The quantitative estimate of drug-likeness (QED) is 0.117. The Balaban J connectivity index is 0.935. The van der Waals surface area contributed by atoms with Gasteiger partial charge in [0.1, 0.15) is 11.6 Å². The Labute approximate surface area is 269 Å². The van der Waals surface area contributed by atoms with Gasteiger partial charge in [0.2, 0.25) is 0 Å². The van der Waals surface area contributed by atoms with E-state index in [1.807, 2.05) is 6.07 Å². The lowest BCUT2D eigenvalue weighted by Crippen LogP contribution is -2.39. The SMILES string of the molecule is [C-]#[N+]/C(=C\c1ccc2oc(=O)[nH]c2c1)C(=O)NC1CCC(CC2CCC(NC(=O)/C(C#N)=C/c3ccc4oc(=O)[nH]c4c3)CC2)CC1. The van der Waals surface area contributed by atoms with E-state index in [9.17, 15) is 24.4 Å². The summed E-state index contributed by atoms with van der Waals surface area (Å²) in [5.74, 6) is -0.755. The number of nitriles is 1. The zero-order valence-corrected chi connectivity index (χ0v) is 25.6. The highest BCUT2D eigenvalue weighted by Gasteiger charge is 2.29. The van der Waals surface area contributed by atoms with Crippen LogP contribution in [0.1, 0.15) is 68.9 Å². The molecular weight excluding hydrogens is 600 g/mol. The molecule has 0 bridgehead atoms. The molecule has 0 radical (unpaired) electrons. The van der Waals surface area contributed by atoms with Gasteiger partial charge in [0, 0.05) is 12.1 Å². The van der Waals surface area contributed by atoms with Crippen LogP contribution >= 0.6 is 0 Å². The molecule has 0 saturated heterocycles.